The Morgan fingerprint density at radius 1 is 1.22 bits per heavy atom. The molecule has 3 rings (SSSR count). The first-order valence-corrected chi connectivity index (χ1v) is 9.79. The zero-order valence-corrected chi connectivity index (χ0v) is 16.7. The summed E-state index contributed by atoms with van der Waals surface area (Å²) in [6.07, 6.45) is 0.993. The van der Waals surface area contributed by atoms with Crippen LogP contribution in [-0.2, 0) is 17.7 Å². The van der Waals surface area contributed by atoms with E-state index in [1.54, 1.807) is 18.4 Å². The monoisotopic (exact) mass is 384 g/mol. The van der Waals surface area contributed by atoms with Crippen molar-refractivity contribution in [1.82, 2.24) is 15.3 Å². The predicted molar refractivity (Wildman–Crippen MR) is 110 cm³/mol. The standard InChI is InChI=1S/C20H24N4O2S/c1-4-16-11-17-18(23-13(2)24-20(17)27-16)22-12-14-5-7-15(8-6-14)19(25)21-9-10-26-3/h5-8,11H,4,9-10,12H2,1-3H3,(H,21,25)(H,22,23,24). The van der Waals surface area contributed by atoms with Gasteiger partial charge in [0, 0.05) is 30.6 Å². The van der Waals surface area contributed by atoms with Crippen molar-refractivity contribution >= 4 is 33.3 Å². The highest BCUT2D eigenvalue weighted by molar-refractivity contribution is 7.18. The Bertz CT molecular complexity index is 922. The van der Waals surface area contributed by atoms with Crippen molar-refractivity contribution in [1.29, 1.82) is 0 Å². The fraction of sp³-hybridized carbons (Fsp3) is 0.350. The van der Waals surface area contributed by atoms with Gasteiger partial charge in [0.1, 0.15) is 16.5 Å². The van der Waals surface area contributed by atoms with Gasteiger partial charge in [0.25, 0.3) is 5.91 Å². The lowest BCUT2D eigenvalue weighted by Gasteiger charge is -2.09. The van der Waals surface area contributed by atoms with Gasteiger partial charge in [-0.25, -0.2) is 9.97 Å². The van der Waals surface area contributed by atoms with Crippen LogP contribution >= 0.6 is 11.3 Å². The number of anilines is 1. The van der Waals surface area contributed by atoms with Crippen LogP contribution in [0.4, 0.5) is 5.82 Å². The summed E-state index contributed by atoms with van der Waals surface area (Å²) in [5.41, 5.74) is 1.72. The second-order valence-corrected chi connectivity index (χ2v) is 7.32. The van der Waals surface area contributed by atoms with Gasteiger partial charge in [-0.1, -0.05) is 19.1 Å². The number of hydrogen-bond donors (Lipinski definition) is 2. The van der Waals surface area contributed by atoms with E-state index in [0.29, 0.717) is 25.3 Å². The lowest BCUT2D eigenvalue weighted by molar-refractivity contribution is 0.0937. The van der Waals surface area contributed by atoms with Crippen LogP contribution in [0.25, 0.3) is 10.2 Å². The molecular weight excluding hydrogens is 360 g/mol. The number of fused-ring (bicyclic) bond motifs is 1. The predicted octanol–water partition coefficient (Wildman–Crippen LogP) is 3.55. The van der Waals surface area contributed by atoms with Crippen LogP contribution in [0.5, 0.6) is 0 Å². The van der Waals surface area contributed by atoms with Crippen molar-refractivity contribution < 1.29 is 9.53 Å². The lowest BCUT2D eigenvalue weighted by atomic mass is 10.1. The van der Waals surface area contributed by atoms with Gasteiger partial charge in [-0.05, 0) is 37.1 Å². The van der Waals surface area contributed by atoms with Crippen molar-refractivity contribution in [2.75, 3.05) is 25.6 Å². The maximum atomic E-state index is 12.0. The smallest absolute Gasteiger partial charge is 0.251 e. The van der Waals surface area contributed by atoms with Crippen molar-refractivity contribution in [3.8, 4) is 0 Å². The van der Waals surface area contributed by atoms with E-state index in [1.165, 1.54) is 4.88 Å². The Kier molecular flexibility index (Phi) is 6.36. The third-order valence-corrected chi connectivity index (χ3v) is 5.35. The van der Waals surface area contributed by atoms with E-state index in [-0.39, 0.29) is 5.91 Å². The molecular formula is C20H24N4O2S. The number of thiophene rings is 1. The molecule has 7 heteroatoms. The first-order valence-electron chi connectivity index (χ1n) is 8.97. The number of aryl methyl sites for hydroxylation is 2. The third-order valence-electron chi connectivity index (χ3n) is 4.17. The highest BCUT2D eigenvalue weighted by atomic mass is 32.1. The van der Waals surface area contributed by atoms with Gasteiger partial charge in [0.2, 0.25) is 0 Å². The molecule has 0 aliphatic rings. The van der Waals surface area contributed by atoms with Crippen molar-refractivity contribution in [2.45, 2.75) is 26.8 Å². The minimum Gasteiger partial charge on any atom is -0.383 e. The maximum Gasteiger partial charge on any atom is 0.251 e. The summed E-state index contributed by atoms with van der Waals surface area (Å²) in [5, 5.41) is 7.29. The number of amides is 1. The number of aromatic nitrogens is 2. The number of methoxy groups -OCH3 is 1. The van der Waals surface area contributed by atoms with E-state index in [4.69, 9.17) is 4.74 Å². The molecule has 1 amide bonds. The van der Waals surface area contributed by atoms with Crippen LogP contribution in [0.2, 0.25) is 0 Å². The molecule has 2 heterocycles. The number of carbonyl (C=O) groups excluding carboxylic acids is 1. The summed E-state index contributed by atoms with van der Waals surface area (Å²) in [4.78, 5) is 23.4. The van der Waals surface area contributed by atoms with Gasteiger partial charge in [0.05, 0.1) is 12.0 Å². The molecule has 27 heavy (non-hydrogen) atoms. The van der Waals surface area contributed by atoms with E-state index in [9.17, 15) is 4.79 Å². The molecule has 1 aromatic carbocycles. The Balaban J connectivity index is 1.67. The van der Waals surface area contributed by atoms with E-state index < -0.39 is 0 Å². The topological polar surface area (TPSA) is 76.1 Å². The zero-order chi connectivity index (χ0) is 19.2. The molecule has 0 atom stereocenters. The second kappa shape index (κ2) is 8.92. The maximum absolute atomic E-state index is 12.0. The van der Waals surface area contributed by atoms with Crippen LogP contribution < -0.4 is 10.6 Å². The Morgan fingerprint density at radius 2 is 2.00 bits per heavy atom. The molecule has 0 fully saturated rings. The molecule has 0 saturated heterocycles. The molecule has 142 valence electrons. The Labute approximate surface area is 163 Å². The molecule has 0 aliphatic heterocycles. The lowest BCUT2D eigenvalue weighted by Crippen LogP contribution is -2.26. The average molecular weight is 385 g/mol. The Morgan fingerprint density at radius 3 is 2.70 bits per heavy atom. The summed E-state index contributed by atoms with van der Waals surface area (Å²) in [6, 6.07) is 9.73. The number of rotatable bonds is 8. The summed E-state index contributed by atoms with van der Waals surface area (Å²) < 4.78 is 4.94. The SMILES string of the molecule is CCc1cc2c(NCc3ccc(C(=O)NCCOC)cc3)nc(C)nc2s1. The molecule has 2 N–H and O–H groups in total. The molecule has 0 spiro atoms. The largest absolute Gasteiger partial charge is 0.383 e. The van der Waals surface area contributed by atoms with Gasteiger partial charge in [0.15, 0.2) is 0 Å². The van der Waals surface area contributed by atoms with Crippen molar-refractivity contribution in [3.05, 3.63) is 52.2 Å². The van der Waals surface area contributed by atoms with Gasteiger partial charge in [-0.15, -0.1) is 11.3 Å². The van der Waals surface area contributed by atoms with Gasteiger partial charge >= 0.3 is 0 Å². The number of benzene rings is 1. The number of ether oxygens (including phenoxy) is 1. The van der Waals surface area contributed by atoms with Crippen molar-refractivity contribution in [3.63, 3.8) is 0 Å². The quantitative estimate of drug-likeness (QED) is 0.581. The summed E-state index contributed by atoms with van der Waals surface area (Å²) in [6.45, 7) is 5.69. The van der Waals surface area contributed by atoms with Crippen molar-refractivity contribution in [2.24, 2.45) is 0 Å². The van der Waals surface area contributed by atoms with Gasteiger partial charge < -0.3 is 15.4 Å². The first-order chi connectivity index (χ1) is 13.1. The van der Waals surface area contributed by atoms with Crippen LogP contribution in [0.1, 0.15) is 33.5 Å². The molecule has 3 aromatic rings. The number of nitrogens with one attached hydrogen (secondary N) is 2. The molecule has 0 radical (unpaired) electrons. The minimum absolute atomic E-state index is 0.0925. The van der Waals surface area contributed by atoms with Gasteiger partial charge in [-0.2, -0.15) is 0 Å². The summed E-state index contributed by atoms with van der Waals surface area (Å²) in [5.74, 6) is 1.53. The number of hydrogen-bond acceptors (Lipinski definition) is 6. The fourth-order valence-electron chi connectivity index (χ4n) is 2.72. The molecule has 0 saturated carbocycles. The van der Waals surface area contributed by atoms with Crippen LogP contribution in [0.15, 0.2) is 30.3 Å². The molecule has 6 nitrogen and oxygen atoms in total. The summed E-state index contributed by atoms with van der Waals surface area (Å²) >= 11 is 1.72. The van der Waals surface area contributed by atoms with E-state index in [1.807, 2.05) is 31.2 Å². The Hall–Kier alpha value is -2.51. The van der Waals surface area contributed by atoms with Crippen LogP contribution in [0.3, 0.4) is 0 Å². The first kappa shape index (κ1) is 19.3. The molecule has 0 bridgehead atoms. The fourth-order valence-corrected chi connectivity index (χ4v) is 3.73. The van der Waals surface area contributed by atoms with E-state index in [2.05, 4.69) is 33.6 Å². The molecule has 2 aromatic heterocycles. The summed E-state index contributed by atoms with van der Waals surface area (Å²) in [7, 11) is 1.61. The highest BCUT2D eigenvalue weighted by Gasteiger charge is 2.10. The second-order valence-electron chi connectivity index (χ2n) is 6.20. The van der Waals surface area contributed by atoms with Crippen LogP contribution in [-0.4, -0.2) is 36.1 Å². The minimum atomic E-state index is -0.0925. The normalized spacial score (nSPS) is 10.9. The van der Waals surface area contributed by atoms with Gasteiger partial charge in [-0.3, -0.25) is 4.79 Å². The number of carbonyl (C=O) groups is 1. The highest BCUT2D eigenvalue weighted by Crippen LogP contribution is 2.29. The van der Waals surface area contributed by atoms with E-state index in [0.717, 1.165) is 33.8 Å². The molecule has 0 aliphatic carbocycles. The zero-order valence-electron chi connectivity index (χ0n) is 15.8. The molecule has 0 unspecified atom stereocenters. The van der Waals surface area contributed by atoms with Crippen LogP contribution in [0, 0.1) is 6.92 Å². The average Bonchev–Trinajstić information content (AvgIpc) is 3.09. The van der Waals surface area contributed by atoms with E-state index >= 15 is 0 Å². The number of nitrogens with zero attached hydrogens (tertiary/aromatic N) is 2. The third kappa shape index (κ3) is 4.81.